The molecular formula is C23H21N3O4. The molecule has 1 aliphatic carbocycles. The van der Waals surface area contributed by atoms with E-state index < -0.39 is 17.2 Å². The second-order valence-electron chi connectivity index (χ2n) is 8.61. The molecule has 2 spiro atoms. The molecule has 1 fully saturated rings. The van der Waals surface area contributed by atoms with Gasteiger partial charge in [0.1, 0.15) is 5.60 Å². The summed E-state index contributed by atoms with van der Waals surface area (Å²) in [5.74, 6) is -0.392. The van der Waals surface area contributed by atoms with Crippen LogP contribution in [0.5, 0.6) is 0 Å². The van der Waals surface area contributed by atoms with Crippen LogP contribution in [0.15, 0.2) is 35.3 Å². The summed E-state index contributed by atoms with van der Waals surface area (Å²) < 4.78 is 12.2. The van der Waals surface area contributed by atoms with Crippen LogP contribution < -0.4 is 5.32 Å². The smallest absolute Gasteiger partial charge is 0.358 e. The zero-order chi connectivity index (χ0) is 20.5. The highest BCUT2D eigenvalue weighted by Crippen LogP contribution is 2.46. The lowest BCUT2D eigenvalue weighted by Gasteiger charge is -2.34. The Morgan fingerprint density at radius 1 is 1.00 bits per heavy atom. The van der Waals surface area contributed by atoms with Crippen LogP contribution in [-0.2, 0) is 32.7 Å². The molecule has 6 rings (SSSR count). The van der Waals surface area contributed by atoms with E-state index in [0.717, 1.165) is 29.8 Å². The van der Waals surface area contributed by atoms with Gasteiger partial charge in [0.05, 0.1) is 0 Å². The molecule has 30 heavy (non-hydrogen) atoms. The Morgan fingerprint density at radius 2 is 1.70 bits per heavy atom. The number of nitrogens with one attached hydrogen (secondary N) is 1. The van der Waals surface area contributed by atoms with Crippen LogP contribution in [0.2, 0.25) is 0 Å². The van der Waals surface area contributed by atoms with Crippen LogP contribution in [0.25, 0.3) is 0 Å². The molecule has 0 bridgehead atoms. The number of fused-ring (bicyclic) bond motifs is 3. The van der Waals surface area contributed by atoms with Gasteiger partial charge in [0, 0.05) is 42.5 Å². The number of esters is 1. The Labute approximate surface area is 173 Å². The average Bonchev–Trinajstić information content (AvgIpc) is 3.35. The molecule has 152 valence electrons. The minimum atomic E-state index is -0.992. The van der Waals surface area contributed by atoms with Gasteiger partial charge in [-0.05, 0) is 37.2 Å². The average molecular weight is 403 g/mol. The molecule has 1 saturated heterocycles. The fraction of sp³-hybridized carbons (Fsp3) is 0.391. The normalized spacial score (nSPS) is 22.6. The van der Waals surface area contributed by atoms with Gasteiger partial charge < -0.3 is 14.8 Å². The van der Waals surface area contributed by atoms with E-state index in [-0.39, 0.29) is 11.8 Å². The molecule has 4 aliphatic rings. The van der Waals surface area contributed by atoms with Gasteiger partial charge in [-0.15, -0.1) is 0 Å². The number of hydrogen-bond donors (Lipinski definition) is 1. The molecule has 0 radical (unpaired) electrons. The lowest BCUT2D eigenvalue weighted by molar-refractivity contribution is -0.129. The van der Waals surface area contributed by atoms with E-state index in [1.165, 1.54) is 0 Å². The molecule has 7 heteroatoms. The zero-order valence-electron chi connectivity index (χ0n) is 16.7. The molecule has 0 atom stereocenters. The lowest BCUT2D eigenvalue weighted by Crippen LogP contribution is -2.41. The molecule has 2 aromatic rings. The number of carbonyl (C=O) groups is 2. The lowest BCUT2D eigenvalue weighted by atomic mass is 9.82. The minimum Gasteiger partial charge on any atom is -0.460 e. The number of benzene rings is 1. The van der Waals surface area contributed by atoms with Crippen LogP contribution in [-0.4, -0.2) is 41.4 Å². The van der Waals surface area contributed by atoms with E-state index in [1.807, 2.05) is 37.3 Å². The van der Waals surface area contributed by atoms with Crippen molar-refractivity contribution in [3.8, 4) is 0 Å². The predicted molar refractivity (Wildman–Crippen MR) is 107 cm³/mol. The van der Waals surface area contributed by atoms with E-state index in [9.17, 15) is 9.59 Å². The highest BCUT2D eigenvalue weighted by Gasteiger charge is 2.54. The van der Waals surface area contributed by atoms with Crippen molar-refractivity contribution in [2.45, 2.75) is 43.8 Å². The second-order valence-corrected chi connectivity index (χ2v) is 8.61. The molecule has 1 N–H and O–H groups in total. The first-order valence-corrected chi connectivity index (χ1v) is 10.4. The SMILES string of the molecule is Cc1cc(C2=NC(=O)C3(Cc4ccccc4C3)O2)c2c(n1)C(=O)OC21CCNCC1. The van der Waals surface area contributed by atoms with Gasteiger partial charge in [-0.2, -0.15) is 4.99 Å². The first-order chi connectivity index (χ1) is 14.5. The molecule has 7 nitrogen and oxygen atoms in total. The quantitative estimate of drug-likeness (QED) is 0.733. The third kappa shape index (κ3) is 2.35. The van der Waals surface area contributed by atoms with E-state index >= 15 is 0 Å². The van der Waals surface area contributed by atoms with Crippen LogP contribution >= 0.6 is 0 Å². The first-order valence-electron chi connectivity index (χ1n) is 10.4. The van der Waals surface area contributed by atoms with E-state index in [4.69, 9.17) is 9.47 Å². The largest absolute Gasteiger partial charge is 0.460 e. The fourth-order valence-electron chi connectivity index (χ4n) is 5.27. The number of aryl methyl sites for hydroxylation is 1. The van der Waals surface area contributed by atoms with Crippen LogP contribution in [0.3, 0.4) is 0 Å². The van der Waals surface area contributed by atoms with Crippen molar-refractivity contribution in [1.29, 1.82) is 0 Å². The van der Waals surface area contributed by atoms with Crippen molar-refractivity contribution in [3.05, 3.63) is 64.0 Å². The second kappa shape index (κ2) is 5.98. The number of nitrogens with zero attached hydrogens (tertiary/aromatic N) is 2. The highest BCUT2D eigenvalue weighted by molar-refractivity contribution is 6.12. The molecular weight excluding hydrogens is 382 g/mol. The molecule has 3 aliphatic heterocycles. The van der Waals surface area contributed by atoms with E-state index in [2.05, 4.69) is 15.3 Å². The molecule has 1 amide bonds. The monoisotopic (exact) mass is 403 g/mol. The molecule has 1 aromatic carbocycles. The third-order valence-corrected chi connectivity index (χ3v) is 6.68. The Bertz CT molecular complexity index is 1120. The number of aliphatic imine (C=N–C) groups is 1. The number of piperidine rings is 1. The summed E-state index contributed by atoms with van der Waals surface area (Å²) in [5, 5.41) is 3.31. The Balaban J connectivity index is 1.44. The van der Waals surface area contributed by atoms with Crippen molar-refractivity contribution in [3.63, 3.8) is 0 Å². The molecule has 0 unspecified atom stereocenters. The van der Waals surface area contributed by atoms with Gasteiger partial charge in [0.2, 0.25) is 5.90 Å². The van der Waals surface area contributed by atoms with Gasteiger partial charge in [-0.3, -0.25) is 4.79 Å². The summed E-state index contributed by atoms with van der Waals surface area (Å²) >= 11 is 0. The fourth-order valence-corrected chi connectivity index (χ4v) is 5.27. The maximum Gasteiger partial charge on any atom is 0.358 e. The highest BCUT2D eigenvalue weighted by atomic mass is 16.6. The summed E-state index contributed by atoms with van der Waals surface area (Å²) in [6.45, 7) is 3.31. The molecule has 4 heterocycles. The van der Waals surface area contributed by atoms with Gasteiger partial charge in [0.15, 0.2) is 11.3 Å². The van der Waals surface area contributed by atoms with Crippen LogP contribution in [0, 0.1) is 6.92 Å². The predicted octanol–water partition coefficient (Wildman–Crippen LogP) is 1.98. The number of pyridine rings is 1. The van der Waals surface area contributed by atoms with Crippen molar-refractivity contribution in [2.75, 3.05) is 13.1 Å². The minimum absolute atomic E-state index is 0.262. The van der Waals surface area contributed by atoms with E-state index in [1.54, 1.807) is 0 Å². The van der Waals surface area contributed by atoms with Gasteiger partial charge in [0.25, 0.3) is 5.91 Å². The Hall–Kier alpha value is -3.06. The van der Waals surface area contributed by atoms with Crippen molar-refractivity contribution in [2.24, 2.45) is 4.99 Å². The standard InChI is InChI=1S/C23H21N3O4/c1-13-10-16(17-18(25-13)20(27)30-22(17)6-8-24-9-7-22)19-26-21(28)23(29-19)11-14-4-2-3-5-15(14)12-23/h2-5,10,24H,6-9,11-12H2,1H3. The molecule has 0 saturated carbocycles. The van der Waals surface area contributed by atoms with Gasteiger partial charge in [-0.25, -0.2) is 9.78 Å². The maximum atomic E-state index is 13.0. The molecule has 1 aromatic heterocycles. The van der Waals surface area contributed by atoms with Crippen LogP contribution in [0.1, 0.15) is 51.3 Å². The van der Waals surface area contributed by atoms with Gasteiger partial charge >= 0.3 is 5.97 Å². The van der Waals surface area contributed by atoms with E-state index in [0.29, 0.717) is 42.6 Å². The first kappa shape index (κ1) is 17.8. The summed E-state index contributed by atoms with van der Waals surface area (Å²) in [6, 6.07) is 9.87. The van der Waals surface area contributed by atoms with Crippen molar-refractivity contribution >= 4 is 17.8 Å². The number of hydrogen-bond acceptors (Lipinski definition) is 6. The third-order valence-electron chi connectivity index (χ3n) is 6.68. The summed E-state index contributed by atoms with van der Waals surface area (Å²) in [6.07, 6.45) is 2.32. The number of amides is 1. The van der Waals surface area contributed by atoms with Crippen LogP contribution in [0.4, 0.5) is 0 Å². The van der Waals surface area contributed by atoms with Crippen molar-refractivity contribution < 1.29 is 19.1 Å². The van der Waals surface area contributed by atoms with Crippen molar-refractivity contribution in [1.82, 2.24) is 10.3 Å². The summed E-state index contributed by atoms with van der Waals surface area (Å²) in [5.41, 5.74) is 2.87. The summed E-state index contributed by atoms with van der Waals surface area (Å²) in [7, 11) is 0. The Morgan fingerprint density at radius 3 is 2.40 bits per heavy atom. The Kier molecular flexibility index (Phi) is 3.54. The zero-order valence-corrected chi connectivity index (χ0v) is 16.7. The van der Waals surface area contributed by atoms with Gasteiger partial charge in [-0.1, -0.05) is 24.3 Å². The summed E-state index contributed by atoms with van der Waals surface area (Å²) in [4.78, 5) is 34.5. The number of aromatic nitrogens is 1. The maximum absolute atomic E-state index is 13.0. The number of rotatable bonds is 1. The number of carbonyl (C=O) groups excluding carboxylic acids is 2. The number of ether oxygens (including phenoxy) is 2. The topological polar surface area (TPSA) is 89.9 Å².